The third-order valence-electron chi connectivity index (χ3n) is 3.45. The zero-order valence-electron chi connectivity index (χ0n) is 14.0. The monoisotopic (exact) mass is 371 g/mol. The second-order valence-corrected chi connectivity index (χ2v) is 9.53. The van der Waals surface area contributed by atoms with Gasteiger partial charge in [-0.05, 0) is 47.4 Å². The molecule has 0 atom stereocenters. The number of hydrogen-bond donors (Lipinski definition) is 1. The van der Waals surface area contributed by atoms with Crippen molar-refractivity contribution in [3.8, 4) is 0 Å². The van der Waals surface area contributed by atoms with Gasteiger partial charge >= 0.3 is 0 Å². The molecule has 24 heavy (non-hydrogen) atoms. The van der Waals surface area contributed by atoms with E-state index in [1.54, 1.807) is 12.1 Å². The average Bonchev–Trinajstić information content (AvgIpc) is 2.46. The first-order valence-corrected chi connectivity index (χ1v) is 9.73. The summed E-state index contributed by atoms with van der Waals surface area (Å²) in [5, 5.41) is 0. The summed E-state index contributed by atoms with van der Waals surface area (Å²) in [6, 6.07) is 10.8. The van der Waals surface area contributed by atoms with Crippen LogP contribution in [-0.4, -0.2) is 21.4 Å². The summed E-state index contributed by atoms with van der Waals surface area (Å²) in [6.45, 7) is 6.08. The van der Waals surface area contributed by atoms with Gasteiger partial charge in [0.1, 0.15) is 10.1 Å². The molecule has 0 unspecified atom stereocenters. The molecule has 0 amide bonds. The fourth-order valence-electron chi connectivity index (χ4n) is 2.06. The number of sulfone groups is 1. The Morgan fingerprint density at radius 3 is 1.38 bits per heavy atom. The SMILES string of the molecule is CC(C)(C)c1ccc(S(=O)(=O)c2ccc(S(=O)(=O)[O-])cc2)cc1.[NH4+]. The van der Waals surface area contributed by atoms with E-state index in [4.69, 9.17) is 0 Å². The lowest BCUT2D eigenvalue weighted by atomic mass is 9.87. The van der Waals surface area contributed by atoms with Crippen LogP contribution in [0.25, 0.3) is 0 Å². The molecule has 2 rings (SSSR count). The van der Waals surface area contributed by atoms with Gasteiger partial charge in [-0.1, -0.05) is 32.9 Å². The molecule has 0 saturated heterocycles. The minimum absolute atomic E-state index is 0. The van der Waals surface area contributed by atoms with E-state index in [9.17, 15) is 21.4 Å². The fraction of sp³-hybridized carbons (Fsp3) is 0.250. The summed E-state index contributed by atoms with van der Waals surface area (Å²) in [5.74, 6) is 0. The second-order valence-electron chi connectivity index (χ2n) is 6.20. The Morgan fingerprint density at radius 2 is 1.04 bits per heavy atom. The summed E-state index contributed by atoms with van der Waals surface area (Å²) in [5.41, 5.74) is 0.913. The molecule has 0 spiro atoms. The number of benzene rings is 2. The normalized spacial score (nSPS) is 12.5. The molecule has 2 aromatic rings. The quantitative estimate of drug-likeness (QED) is 0.829. The molecule has 2 aromatic carbocycles. The molecule has 0 aliphatic heterocycles. The topological polar surface area (TPSA) is 128 Å². The van der Waals surface area contributed by atoms with E-state index in [0.29, 0.717) is 0 Å². The molecule has 0 fully saturated rings. The zero-order chi connectivity index (χ0) is 17.5. The largest absolute Gasteiger partial charge is 0.744 e. The summed E-state index contributed by atoms with van der Waals surface area (Å²) in [6.07, 6.45) is 0. The maximum atomic E-state index is 12.5. The molecule has 132 valence electrons. The van der Waals surface area contributed by atoms with Crippen molar-refractivity contribution in [2.75, 3.05) is 0 Å². The summed E-state index contributed by atoms with van der Waals surface area (Å²) in [7, 11) is -8.36. The van der Waals surface area contributed by atoms with Gasteiger partial charge in [-0.15, -0.1) is 0 Å². The van der Waals surface area contributed by atoms with Gasteiger partial charge in [-0.3, -0.25) is 0 Å². The molecule has 0 aromatic heterocycles. The van der Waals surface area contributed by atoms with Gasteiger partial charge in [0.15, 0.2) is 0 Å². The lowest BCUT2D eigenvalue weighted by molar-refractivity contribution is 0.463. The van der Waals surface area contributed by atoms with Crippen LogP contribution in [0.15, 0.2) is 63.2 Å². The van der Waals surface area contributed by atoms with E-state index in [-0.39, 0.29) is 21.4 Å². The predicted octanol–water partition coefficient (Wildman–Crippen LogP) is 3.10. The lowest BCUT2D eigenvalue weighted by Crippen LogP contribution is -2.11. The average molecular weight is 371 g/mol. The van der Waals surface area contributed by atoms with Crippen LogP contribution in [0.1, 0.15) is 26.3 Å². The van der Waals surface area contributed by atoms with Crippen molar-refractivity contribution < 1.29 is 21.4 Å². The van der Waals surface area contributed by atoms with Crippen molar-refractivity contribution in [3.63, 3.8) is 0 Å². The highest BCUT2D eigenvalue weighted by atomic mass is 32.2. The Balaban J connectivity index is 0.00000288. The van der Waals surface area contributed by atoms with Gasteiger partial charge in [0.2, 0.25) is 9.84 Å². The number of rotatable bonds is 3. The van der Waals surface area contributed by atoms with Crippen LogP contribution in [-0.2, 0) is 25.4 Å². The van der Waals surface area contributed by atoms with Gasteiger partial charge < -0.3 is 10.7 Å². The Bertz CT molecular complexity index is 908. The third kappa shape index (κ3) is 4.21. The van der Waals surface area contributed by atoms with Gasteiger partial charge in [-0.2, -0.15) is 0 Å². The third-order valence-corrected chi connectivity index (χ3v) is 6.09. The van der Waals surface area contributed by atoms with E-state index in [1.807, 2.05) is 20.8 Å². The summed E-state index contributed by atoms with van der Waals surface area (Å²) in [4.78, 5) is -0.406. The Morgan fingerprint density at radius 1 is 0.708 bits per heavy atom. The first-order valence-electron chi connectivity index (χ1n) is 6.84. The van der Waals surface area contributed by atoms with Crippen LogP contribution in [0.4, 0.5) is 0 Å². The van der Waals surface area contributed by atoms with Crippen LogP contribution >= 0.6 is 0 Å². The fourth-order valence-corrected chi connectivity index (χ4v) is 3.79. The van der Waals surface area contributed by atoms with Crippen molar-refractivity contribution in [2.45, 2.75) is 40.9 Å². The van der Waals surface area contributed by atoms with Crippen LogP contribution in [0, 0.1) is 0 Å². The van der Waals surface area contributed by atoms with E-state index in [0.717, 1.165) is 29.8 Å². The Hall–Kier alpha value is -1.74. The van der Waals surface area contributed by atoms with Crippen molar-refractivity contribution in [1.29, 1.82) is 0 Å². The molecule has 6 nitrogen and oxygen atoms in total. The number of quaternary nitrogens is 1. The maximum Gasteiger partial charge on any atom is 0.206 e. The van der Waals surface area contributed by atoms with Gasteiger partial charge in [0.25, 0.3) is 0 Å². The second kappa shape index (κ2) is 6.64. The first-order chi connectivity index (χ1) is 10.4. The Kier molecular flexibility index (Phi) is 5.62. The molecule has 4 N–H and O–H groups in total. The van der Waals surface area contributed by atoms with Gasteiger partial charge in [0.05, 0.1) is 14.7 Å². The predicted molar refractivity (Wildman–Crippen MR) is 91.0 cm³/mol. The highest BCUT2D eigenvalue weighted by Gasteiger charge is 2.20. The molecule has 0 heterocycles. The molecule has 0 aliphatic rings. The number of hydrogen-bond acceptors (Lipinski definition) is 5. The van der Waals surface area contributed by atoms with Gasteiger partial charge in [-0.25, -0.2) is 16.8 Å². The van der Waals surface area contributed by atoms with E-state index < -0.39 is 24.9 Å². The highest BCUT2D eigenvalue weighted by Crippen LogP contribution is 2.26. The van der Waals surface area contributed by atoms with Crippen molar-refractivity contribution in [1.82, 2.24) is 6.15 Å². The van der Waals surface area contributed by atoms with Crippen molar-refractivity contribution >= 4 is 20.0 Å². The summed E-state index contributed by atoms with van der Waals surface area (Å²) < 4.78 is 57.7. The molecular formula is C16H21NO5S2. The maximum absolute atomic E-state index is 12.5. The van der Waals surface area contributed by atoms with Crippen LogP contribution in [0.5, 0.6) is 0 Å². The van der Waals surface area contributed by atoms with E-state index in [2.05, 4.69) is 0 Å². The molecular weight excluding hydrogens is 350 g/mol. The zero-order valence-corrected chi connectivity index (χ0v) is 15.6. The minimum Gasteiger partial charge on any atom is -0.744 e. The molecule has 8 heteroatoms. The van der Waals surface area contributed by atoms with E-state index in [1.165, 1.54) is 12.1 Å². The minimum atomic E-state index is -4.60. The molecule has 0 aliphatic carbocycles. The standard InChI is InChI=1S/C16H18O5S2.H3N/c1-16(2,3)12-4-6-13(7-5-12)22(17,18)14-8-10-15(11-9-14)23(19,20)21;/h4-11H,1-3H3,(H,19,20,21);1H3. The van der Waals surface area contributed by atoms with Gasteiger partial charge in [0, 0.05) is 0 Å². The van der Waals surface area contributed by atoms with Crippen LogP contribution in [0.3, 0.4) is 0 Å². The lowest BCUT2D eigenvalue weighted by Gasteiger charge is -2.19. The van der Waals surface area contributed by atoms with Crippen molar-refractivity contribution in [3.05, 3.63) is 54.1 Å². The molecule has 0 bridgehead atoms. The molecule has 0 radical (unpaired) electrons. The van der Waals surface area contributed by atoms with Crippen LogP contribution in [0.2, 0.25) is 0 Å². The Labute approximate surface area is 142 Å². The first kappa shape index (κ1) is 20.3. The van der Waals surface area contributed by atoms with Crippen LogP contribution < -0.4 is 6.15 Å². The smallest absolute Gasteiger partial charge is 0.206 e. The summed E-state index contributed by atoms with van der Waals surface area (Å²) >= 11 is 0. The van der Waals surface area contributed by atoms with Crippen molar-refractivity contribution in [2.24, 2.45) is 0 Å². The van der Waals surface area contributed by atoms with E-state index >= 15 is 0 Å². The highest BCUT2D eigenvalue weighted by molar-refractivity contribution is 7.91. The molecule has 0 saturated carbocycles.